The summed E-state index contributed by atoms with van der Waals surface area (Å²) in [5, 5.41) is 4.34. The Labute approximate surface area is 120 Å². The Hall–Kier alpha value is -1.20. The fourth-order valence-electron chi connectivity index (χ4n) is 2.71. The first-order valence-corrected chi connectivity index (χ1v) is 7.20. The first-order valence-electron chi connectivity index (χ1n) is 6.41. The fraction of sp³-hybridized carbons (Fsp3) is 0.429. The van der Waals surface area contributed by atoms with E-state index < -0.39 is 0 Å². The van der Waals surface area contributed by atoms with Crippen molar-refractivity contribution < 1.29 is 4.74 Å². The molecule has 0 radical (unpaired) electrons. The van der Waals surface area contributed by atoms with Crippen LogP contribution in [0.1, 0.15) is 30.7 Å². The second-order valence-corrected chi connectivity index (χ2v) is 5.85. The maximum Gasteiger partial charge on any atom is 0.102 e. The van der Waals surface area contributed by atoms with Gasteiger partial charge >= 0.3 is 0 Å². The number of methoxy groups -OCH3 is 1. The van der Waals surface area contributed by atoms with Crippen LogP contribution in [0.25, 0.3) is 0 Å². The molecular weight excluding hydrogens is 306 g/mol. The zero-order chi connectivity index (χ0) is 13.2. The molecule has 0 spiro atoms. The second kappa shape index (κ2) is 5.43. The molecule has 1 aliphatic rings. The average Bonchev–Trinajstić information content (AvgIpc) is 2.80. The second-order valence-electron chi connectivity index (χ2n) is 4.93. The molecule has 3 rings (SSSR count). The highest BCUT2D eigenvalue weighted by atomic mass is 79.9. The van der Waals surface area contributed by atoms with Crippen LogP contribution in [0.5, 0.6) is 0 Å². The number of nitrogens with zero attached hydrogens (tertiary/aromatic N) is 3. The van der Waals surface area contributed by atoms with Crippen molar-refractivity contribution in [3.8, 4) is 0 Å². The molecule has 0 amide bonds. The fourth-order valence-corrected chi connectivity index (χ4v) is 3.01. The molecule has 1 unspecified atom stereocenters. The summed E-state index contributed by atoms with van der Waals surface area (Å²) in [6.45, 7) is 0. The van der Waals surface area contributed by atoms with Crippen LogP contribution in [0.4, 0.5) is 0 Å². The van der Waals surface area contributed by atoms with Gasteiger partial charge in [-0.05, 0) is 46.8 Å². The highest BCUT2D eigenvalue weighted by Gasteiger charge is 2.37. The Morgan fingerprint density at radius 2 is 2.26 bits per heavy atom. The van der Waals surface area contributed by atoms with E-state index in [2.05, 4.69) is 26.0 Å². The van der Waals surface area contributed by atoms with Crippen LogP contribution in [0.3, 0.4) is 0 Å². The average molecular weight is 322 g/mol. The lowest BCUT2D eigenvalue weighted by molar-refractivity contribution is -0.00934. The van der Waals surface area contributed by atoms with Gasteiger partial charge in [-0.15, -0.1) is 0 Å². The van der Waals surface area contributed by atoms with E-state index in [9.17, 15) is 0 Å². The lowest BCUT2D eigenvalue weighted by atomic mass is 9.75. The Bertz CT molecular complexity index is 537. The van der Waals surface area contributed by atoms with E-state index in [1.165, 1.54) is 0 Å². The van der Waals surface area contributed by atoms with Crippen LogP contribution in [0, 0.1) is 5.92 Å². The van der Waals surface area contributed by atoms with Crippen molar-refractivity contribution in [1.82, 2.24) is 14.8 Å². The van der Waals surface area contributed by atoms with Gasteiger partial charge in [-0.1, -0.05) is 6.07 Å². The van der Waals surface area contributed by atoms with Crippen LogP contribution in [0.2, 0.25) is 0 Å². The molecule has 1 atom stereocenters. The Morgan fingerprint density at radius 1 is 1.42 bits per heavy atom. The summed E-state index contributed by atoms with van der Waals surface area (Å²) in [6, 6.07) is 6.46. The standard InChI is InChI=1S/C14H16BrN3O/c1-19-14(13-4-2-3-5-16-13)10-6-12(7-10)18-9-11(15)8-17-18/h2-5,8-10,12,14H,6-7H2,1H3. The van der Waals surface area contributed by atoms with Crippen molar-refractivity contribution in [2.24, 2.45) is 5.92 Å². The van der Waals surface area contributed by atoms with Gasteiger partial charge in [0.1, 0.15) is 6.10 Å². The molecule has 19 heavy (non-hydrogen) atoms. The molecule has 0 aliphatic heterocycles. The molecule has 5 heteroatoms. The van der Waals surface area contributed by atoms with Crippen LogP contribution in [-0.4, -0.2) is 21.9 Å². The Balaban J connectivity index is 1.66. The summed E-state index contributed by atoms with van der Waals surface area (Å²) in [5.74, 6) is 0.521. The van der Waals surface area contributed by atoms with Crippen molar-refractivity contribution in [1.29, 1.82) is 0 Å². The first kappa shape index (κ1) is 12.8. The molecule has 2 aromatic rings. The van der Waals surface area contributed by atoms with E-state index in [0.717, 1.165) is 23.0 Å². The van der Waals surface area contributed by atoms with Gasteiger partial charge in [0.15, 0.2) is 0 Å². The summed E-state index contributed by atoms with van der Waals surface area (Å²) in [5.41, 5.74) is 1.02. The first-order chi connectivity index (χ1) is 9.28. The van der Waals surface area contributed by atoms with Gasteiger partial charge < -0.3 is 4.74 Å². The molecule has 1 aliphatic carbocycles. The number of aromatic nitrogens is 3. The van der Waals surface area contributed by atoms with Crippen molar-refractivity contribution in [3.63, 3.8) is 0 Å². The molecule has 2 heterocycles. The monoisotopic (exact) mass is 321 g/mol. The van der Waals surface area contributed by atoms with Crippen LogP contribution < -0.4 is 0 Å². The molecule has 0 saturated heterocycles. The molecule has 0 N–H and O–H groups in total. The predicted molar refractivity (Wildman–Crippen MR) is 75.7 cm³/mol. The predicted octanol–water partition coefficient (Wildman–Crippen LogP) is 3.38. The zero-order valence-electron chi connectivity index (χ0n) is 10.7. The molecule has 0 bridgehead atoms. The van der Waals surface area contributed by atoms with Gasteiger partial charge in [-0.2, -0.15) is 5.10 Å². The summed E-state index contributed by atoms with van der Waals surface area (Å²) in [6.07, 6.45) is 7.95. The minimum atomic E-state index is 0.0939. The third-order valence-electron chi connectivity index (χ3n) is 3.76. The number of rotatable bonds is 4. The normalized spacial score (nSPS) is 23.9. The number of pyridine rings is 1. The molecule has 1 fully saturated rings. The third-order valence-corrected chi connectivity index (χ3v) is 4.16. The van der Waals surface area contributed by atoms with E-state index in [1.807, 2.05) is 41.5 Å². The Morgan fingerprint density at radius 3 is 2.84 bits per heavy atom. The van der Waals surface area contributed by atoms with Crippen molar-refractivity contribution in [2.45, 2.75) is 25.0 Å². The van der Waals surface area contributed by atoms with Gasteiger partial charge in [0.25, 0.3) is 0 Å². The highest BCUT2D eigenvalue weighted by molar-refractivity contribution is 9.10. The number of hydrogen-bond donors (Lipinski definition) is 0. The van der Waals surface area contributed by atoms with Crippen LogP contribution >= 0.6 is 15.9 Å². The van der Waals surface area contributed by atoms with E-state index in [-0.39, 0.29) is 6.10 Å². The van der Waals surface area contributed by atoms with Crippen LogP contribution in [-0.2, 0) is 4.74 Å². The topological polar surface area (TPSA) is 39.9 Å². The van der Waals surface area contributed by atoms with Gasteiger partial charge in [-0.3, -0.25) is 9.67 Å². The molecule has 2 aromatic heterocycles. The molecule has 100 valence electrons. The van der Waals surface area contributed by atoms with Crippen molar-refractivity contribution in [2.75, 3.05) is 7.11 Å². The van der Waals surface area contributed by atoms with E-state index in [0.29, 0.717) is 12.0 Å². The van der Waals surface area contributed by atoms with E-state index >= 15 is 0 Å². The minimum absolute atomic E-state index is 0.0939. The lowest BCUT2D eigenvalue weighted by Gasteiger charge is -2.39. The SMILES string of the molecule is COC(c1ccccn1)C1CC(n2cc(Br)cn2)C1. The summed E-state index contributed by atoms with van der Waals surface area (Å²) in [4.78, 5) is 4.40. The largest absolute Gasteiger partial charge is 0.375 e. The third kappa shape index (κ3) is 2.58. The van der Waals surface area contributed by atoms with Crippen molar-refractivity contribution >= 4 is 15.9 Å². The molecule has 0 aromatic carbocycles. The molecular formula is C14H16BrN3O. The summed E-state index contributed by atoms with van der Waals surface area (Å²) < 4.78 is 8.69. The van der Waals surface area contributed by atoms with Gasteiger partial charge in [0.05, 0.1) is 22.4 Å². The summed E-state index contributed by atoms with van der Waals surface area (Å²) >= 11 is 3.43. The van der Waals surface area contributed by atoms with Gasteiger partial charge in [-0.25, -0.2) is 0 Å². The van der Waals surface area contributed by atoms with E-state index in [4.69, 9.17) is 4.74 Å². The zero-order valence-corrected chi connectivity index (χ0v) is 12.3. The molecule has 1 saturated carbocycles. The van der Waals surface area contributed by atoms with Crippen LogP contribution in [0.15, 0.2) is 41.3 Å². The highest BCUT2D eigenvalue weighted by Crippen LogP contribution is 2.45. The maximum absolute atomic E-state index is 5.63. The summed E-state index contributed by atoms with van der Waals surface area (Å²) in [7, 11) is 1.76. The minimum Gasteiger partial charge on any atom is -0.375 e. The number of halogens is 1. The lowest BCUT2D eigenvalue weighted by Crippen LogP contribution is -2.32. The molecule has 4 nitrogen and oxygen atoms in total. The van der Waals surface area contributed by atoms with Gasteiger partial charge in [0, 0.05) is 19.5 Å². The number of ether oxygens (including phenoxy) is 1. The van der Waals surface area contributed by atoms with Gasteiger partial charge in [0.2, 0.25) is 0 Å². The van der Waals surface area contributed by atoms with E-state index in [1.54, 1.807) is 7.11 Å². The quantitative estimate of drug-likeness (QED) is 0.866. The van der Waals surface area contributed by atoms with Crippen molar-refractivity contribution in [3.05, 3.63) is 47.0 Å². The number of hydrogen-bond acceptors (Lipinski definition) is 3. The Kier molecular flexibility index (Phi) is 3.66. The maximum atomic E-state index is 5.63. The smallest absolute Gasteiger partial charge is 0.102 e.